The van der Waals surface area contributed by atoms with Crippen LogP contribution in [0.2, 0.25) is 0 Å². The van der Waals surface area contributed by atoms with Crippen LogP contribution in [-0.4, -0.2) is 28.9 Å². The van der Waals surface area contributed by atoms with Crippen molar-refractivity contribution in [2.45, 2.75) is 47.1 Å². The molecule has 0 bridgehead atoms. The standard InChI is InChI=1S/C20H27FN2O2S/c1-5-15(6-2)12-23(7-3)20(24)19-14(4)22-18(26-19)13-25-17-10-8-16(21)9-11-17/h8-11,15H,5-7,12-13H2,1-4H3. The number of hydrogen-bond acceptors (Lipinski definition) is 4. The molecule has 2 aromatic rings. The molecule has 0 aliphatic heterocycles. The molecule has 0 N–H and O–H groups in total. The summed E-state index contributed by atoms with van der Waals surface area (Å²) >= 11 is 1.37. The van der Waals surface area contributed by atoms with Gasteiger partial charge in [0.1, 0.15) is 28.1 Å². The van der Waals surface area contributed by atoms with E-state index in [1.54, 1.807) is 12.1 Å². The first-order valence-corrected chi connectivity index (χ1v) is 9.93. The molecule has 0 unspecified atom stereocenters. The maximum Gasteiger partial charge on any atom is 0.265 e. The minimum absolute atomic E-state index is 0.0439. The summed E-state index contributed by atoms with van der Waals surface area (Å²) in [6.07, 6.45) is 2.14. The molecule has 1 heterocycles. The van der Waals surface area contributed by atoms with Crippen molar-refractivity contribution in [2.24, 2.45) is 5.92 Å². The average molecular weight is 379 g/mol. The Morgan fingerprint density at radius 1 is 1.23 bits per heavy atom. The van der Waals surface area contributed by atoms with Gasteiger partial charge in [-0.15, -0.1) is 11.3 Å². The van der Waals surface area contributed by atoms with E-state index in [1.165, 1.54) is 23.5 Å². The predicted octanol–water partition coefficient (Wildman–Crippen LogP) is 5.07. The second-order valence-electron chi connectivity index (χ2n) is 6.29. The molecule has 1 aromatic carbocycles. The predicted molar refractivity (Wildman–Crippen MR) is 103 cm³/mol. The van der Waals surface area contributed by atoms with E-state index < -0.39 is 0 Å². The van der Waals surface area contributed by atoms with E-state index in [9.17, 15) is 9.18 Å². The van der Waals surface area contributed by atoms with Crippen molar-refractivity contribution in [1.82, 2.24) is 9.88 Å². The molecule has 0 atom stereocenters. The molecule has 0 saturated carbocycles. The normalized spacial score (nSPS) is 11.0. The van der Waals surface area contributed by atoms with Crippen LogP contribution in [0.25, 0.3) is 0 Å². The summed E-state index contributed by atoms with van der Waals surface area (Å²) in [5, 5.41) is 0.744. The van der Waals surface area contributed by atoms with E-state index in [4.69, 9.17) is 4.74 Å². The van der Waals surface area contributed by atoms with Crippen LogP contribution >= 0.6 is 11.3 Å². The molecule has 1 aromatic heterocycles. The first kappa shape index (κ1) is 20.4. The minimum Gasteiger partial charge on any atom is -0.486 e. The maximum atomic E-state index is 12.9. The van der Waals surface area contributed by atoms with E-state index in [1.807, 2.05) is 18.7 Å². The number of hydrogen-bond donors (Lipinski definition) is 0. The lowest BCUT2D eigenvalue weighted by Crippen LogP contribution is -2.35. The van der Waals surface area contributed by atoms with E-state index in [0.717, 1.165) is 30.1 Å². The number of benzene rings is 1. The van der Waals surface area contributed by atoms with Crippen molar-refractivity contribution >= 4 is 17.2 Å². The third-order valence-electron chi connectivity index (χ3n) is 4.51. The number of carbonyl (C=O) groups excluding carboxylic acids is 1. The van der Waals surface area contributed by atoms with Gasteiger partial charge < -0.3 is 9.64 Å². The molecule has 6 heteroatoms. The zero-order valence-electron chi connectivity index (χ0n) is 15.9. The summed E-state index contributed by atoms with van der Waals surface area (Å²) in [6, 6.07) is 5.87. The third kappa shape index (κ3) is 5.27. The minimum atomic E-state index is -0.299. The number of rotatable bonds is 9. The Bertz CT molecular complexity index is 711. The van der Waals surface area contributed by atoms with Crippen LogP contribution in [0, 0.1) is 18.7 Å². The van der Waals surface area contributed by atoms with Gasteiger partial charge in [0.25, 0.3) is 5.91 Å². The van der Waals surface area contributed by atoms with Crippen LogP contribution in [0.3, 0.4) is 0 Å². The molecular weight excluding hydrogens is 351 g/mol. The monoisotopic (exact) mass is 378 g/mol. The van der Waals surface area contributed by atoms with Gasteiger partial charge in [-0.05, 0) is 44.0 Å². The second-order valence-corrected chi connectivity index (χ2v) is 7.37. The van der Waals surface area contributed by atoms with E-state index in [2.05, 4.69) is 18.8 Å². The second kappa shape index (κ2) is 9.67. The van der Waals surface area contributed by atoms with Crippen LogP contribution in [0.5, 0.6) is 5.75 Å². The summed E-state index contributed by atoms with van der Waals surface area (Å²) in [7, 11) is 0. The van der Waals surface area contributed by atoms with Crippen molar-refractivity contribution in [3.05, 3.63) is 45.7 Å². The third-order valence-corrected chi connectivity index (χ3v) is 5.63. The van der Waals surface area contributed by atoms with Gasteiger partial charge in [-0.2, -0.15) is 0 Å². The van der Waals surface area contributed by atoms with Gasteiger partial charge in [-0.25, -0.2) is 9.37 Å². The van der Waals surface area contributed by atoms with E-state index in [-0.39, 0.29) is 18.3 Å². The molecule has 0 aliphatic rings. The lowest BCUT2D eigenvalue weighted by atomic mass is 10.0. The van der Waals surface area contributed by atoms with Gasteiger partial charge in [-0.3, -0.25) is 4.79 Å². The molecule has 0 saturated heterocycles. The smallest absolute Gasteiger partial charge is 0.265 e. The Hall–Kier alpha value is -1.95. The number of carbonyl (C=O) groups is 1. The number of aryl methyl sites for hydroxylation is 1. The average Bonchev–Trinajstić information content (AvgIpc) is 3.02. The number of thiazole rings is 1. The fraction of sp³-hybridized carbons (Fsp3) is 0.500. The molecule has 0 spiro atoms. The summed E-state index contributed by atoms with van der Waals surface area (Å²) in [4.78, 5) is 20.0. The Labute approximate surface area is 159 Å². The Morgan fingerprint density at radius 2 is 1.88 bits per heavy atom. The molecule has 142 valence electrons. The fourth-order valence-electron chi connectivity index (χ4n) is 2.75. The Balaban J connectivity index is 2.05. The molecule has 0 radical (unpaired) electrons. The van der Waals surface area contributed by atoms with Crippen molar-refractivity contribution in [3.8, 4) is 5.75 Å². The number of aromatic nitrogens is 1. The number of nitrogens with zero attached hydrogens (tertiary/aromatic N) is 2. The summed E-state index contributed by atoms with van der Waals surface area (Å²) < 4.78 is 18.6. The first-order valence-electron chi connectivity index (χ1n) is 9.12. The van der Waals surface area contributed by atoms with Crippen molar-refractivity contribution in [1.29, 1.82) is 0 Å². The van der Waals surface area contributed by atoms with Gasteiger partial charge in [0, 0.05) is 13.1 Å². The Kier molecular flexibility index (Phi) is 7.57. The molecule has 1 amide bonds. The lowest BCUT2D eigenvalue weighted by molar-refractivity contribution is 0.0739. The fourth-order valence-corrected chi connectivity index (χ4v) is 3.69. The van der Waals surface area contributed by atoms with Gasteiger partial charge >= 0.3 is 0 Å². The van der Waals surface area contributed by atoms with E-state index in [0.29, 0.717) is 23.1 Å². The van der Waals surface area contributed by atoms with Gasteiger partial charge in [-0.1, -0.05) is 26.7 Å². The summed E-state index contributed by atoms with van der Waals surface area (Å²) in [5.74, 6) is 0.847. The van der Waals surface area contributed by atoms with Crippen LogP contribution in [0.15, 0.2) is 24.3 Å². The number of halogens is 1. The molecule has 4 nitrogen and oxygen atoms in total. The zero-order chi connectivity index (χ0) is 19.1. The lowest BCUT2D eigenvalue weighted by Gasteiger charge is -2.25. The van der Waals surface area contributed by atoms with Gasteiger partial charge in [0.05, 0.1) is 5.69 Å². The van der Waals surface area contributed by atoms with Crippen LogP contribution in [-0.2, 0) is 6.61 Å². The van der Waals surface area contributed by atoms with Crippen LogP contribution < -0.4 is 4.74 Å². The van der Waals surface area contributed by atoms with Crippen molar-refractivity contribution in [3.63, 3.8) is 0 Å². The highest BCUT2D eigenvalue weighted by molar-refractivity contribution is 7.13. The Morgan fingerprint density at radius 3 is 2.46 bits per heavy atom. The molecular formula is C20H27FN2O2S. The van der Waals surface area contributed by atoms with Crippen LogP contribution in [0.4, 0.5) is 4.39 Å². The summed E-state index contributed by atoms with van der Waals surface area (Å²) in [5.41, 5.74) is 0.737. The van der Waals surface area contributed by atoms with Crippen LogP contribution in [0.1, 0.15) is 54.0 Å². The highest BCUT2D eigenvalue weighted by atomic mass is 32.1. The molecule has 0 fully saturated rings. The highest BCUT2D eigenvalue weighted by Crippen LogP contribution is 2.23. The molecule has 26 heavy (non-hydrogen) atoms. The molecule has 0 aliphatic carbocycles. The zero-order valence-corrected chi connectivity index (χ0v) is 16.7. The first-order chi connectivity index (χ1) is 12.5. The number of ether oxygens (including phenoxy) is 1. The summed E-state index contributed by atoms with van der Waals surface area (Å²) in [6.45, 7) is 9.92. The van der Waals surface area contributed by atoms with Gasteiger partial charge in [0.2, 0.25) is 0 Å². The SMILES string of the molecule is CCC(CC)CN(CC)C(=O)c1sc(COc2ccc(F)cc2)nc1C. The highest BCUT2D eigenvalue weighted by Gasteiger charge is 2.22. The molecule has 2 rings (SSSR count). The van der Waals surface area contributed by atoms with Crippen molar-refractivity contribution < 1.29 is 13.9 Å². The number of amides is 1. The largest absolute Gasteiger partial charge is 0.486 e. The van der Waals surface area contributed by atoms with Crippen molar-refractivity contribution in [2.75, 3.05) is 13.1 Å². The maximum absolute atomic E-state index is 12.9. The quantitative estimate of drug-likeness (QED) is 0.612. The van der Waals surface area contributed by atoms with Gasteiger partial charge in [0.15, 0.2) is 0 Å². The van der Waals surface area contributed by atoms with E-state index >= 15 is 0 Å². The topological polar surface area (TPSA) is 42.4 Å².